The highest BCUT2D eigenvalue weighted by atomic mass is 35.5. The van der Waals surface area contributed by atoms with Gasteiger partial charge in [-0.05, 0) is 69.9 Å². The number of hydrogen-bond donors (Lipinski definition) is 2. The summed E-state index contributed by atoms with van der Waals surface area (Å²) in [6, 6.07) is 7.59. The molecule has 2 aromatic rings. The van der Waals surface area contributed by atoms with E-state index in [0.717, 1.165) is 19.0 Å². The molecule has 3 heterocycles. The standard InChI is InChI=1S/C26H27Cl2F5N4O3/c1-24(2,40-20-7-4-15(27)9-19(20)28)23(39)36-16-10-17-5-6-18(11-16)37(17)21-8-3-14(12-34-21)22(38)35-13-25(29,30)26(31,32)33/h3-4,7-9,12,16-18H,5-6,10-11,13H2,1-2H3,(H,35,38)(H,36,39)/t16?,17-,18+. The number of alkyl halides is 5. The zero-order valence-electron chi connectivity index (χ0n) is 21.5. The molecule has 0 saturated carbocycles. The van der Waals surface area contributed by atoms with Gasteiger partial charge in [-0.2, -0.15) is 22.0 Å². The summed E-state index contributed by atoms with van der Waals surface area (Å²) < 4.78 is 69.1. The number of benzene rings is 1. The number of ether oxygens (including phenoxy) is 1. The largest absolute Gasteiger partial charge is 0.476 e. The Hall–Kier alpha value is -2.86. The molecule has 1 aromatic carbocycles. The average molecular weight is 609 g/mol. The van der Waals surface area contributed by atoms with E-state index < -0.39 is 30.2 Å². The highest BCUT2D eigenvalue weighted by Crippen LogP contribution is 2.39. The fraction of sp³-hybridized carbons (Fsp3) is 0.500. The van der Waals surface area contributed by atoms with Gasteiger partial charge in [0, 0.05) is 29.3 Å². The quantitative estimate of drug-likeness (QED) is 0.371. The summed E-state index contributed by atoms with van der Waals surface area (Å²) in [5.41, 5.74) is -1.35. The van der Waals surface area contributed by atoms with Crippen LogP contribution in [-0.4, -0.2) is 59.2 Å². The topological polar surface area (TPSA) is 83.6 Å². The van der Waals surface area contributed by atoms with E-state index in [0.29, 0.717) is 29.4 Å². The summed E-state index contributed by atoms with van der Waals surface area (Å²) in [7, 11) is 0. The SMILES string of the molecule is CC(C)(Oc1ccc(Cl)cc1Cl)C(=O)NC1C[C@H]2CC[C@@H](C1)N2c1ccc(C(=O)NCC(F)(F)C(F)(F)F)cn1. The number of pyridine rings is 1. The van der Waals surface area contributed by atoms with E-state index in [-0.39, 0.29) is 34.6 Å². The van der Waals surface area contributed by atoms with Crippen LogP contribution in [0.4, 0.5) is 27.8 Å². The smallest absolute Gasteiger partial charge is 0.455 e. The van der Waals surface area contributed by atoms with Gasteiger partial charge in [0.1, 0.15) is 11.6 Å². The average Bonchev–Trinajstić information content (AvgIpc) is 3.13. The lowest BCUT2D eigenvalue weighted by atomic mass is 9.96. The molecule has 0 radical (unpaired) electrons. The Morgan fingerprint density at radius 1 is 1.05 bits per heavy atom. The van der Waals surface area contributed by atoms with Crippen LogP contribution in [0.5, 0.6) is 5.75 Å². The van der Waals surface area contributed by atoms with Crippen LogP contribution >= 0.6 is 23.2 Å². The monoisotopic (exact) mass is 608 g/mol. The first-order valence-electron chi connectivity index (χ1n) is 12.5. The fourth-order valence-electron chi connectivity index (χ4n) is 4.97. The predicted octanol–water partition coefficient (Wildman–Crippen LogP) is 5.79. The van der Waals surface area contributed by atoms with E-state index in [2.05, 4.69) is 15.2 Å². The van der Waals surface area contributed by atoms with Crippen molar-refractivity contribution in [2.75, 3.05) is 11.4 Å². The van der Waals surface area contributed by atoms with E-state index >= 15 is 0 Å². The molecule has 14 heteroatoms. The molecule has 2 saturated heterocycles. The fourth-order valence-corrected chi connectivity index (χ4v) is 5.42. The van der Waals surface area contributed by atoms with Crippen LogP contribution in [0.1, 0.15) is 49.9 Å². The summed E-state index contributed by atoms with van der Waals surface area (Å²) in [5, 5.41) is 5.41. The molecule has 3 atom stereocenters. The number of carbonyl (C=O) groups excluding carboxylic acids is 2. The number of hydrogen-bond acceptors (Lipinski definition) is 5. The number of nitrogens with one attached hydrogen (secondary N) is 2. The van der Waals surface area contributed by atoms with Crippen molar-refractivity contribution >= 4 is 40.8 Å². The molecular weight excluding hydrogens is 582 g/mol. The maximum atomic E-state index is 13.1. The lowest BCUT2D eigenvalue weighted by Gasteiger charge is -2.40. The highest BCUT2D eigenvalue weighted by Gasteiger charge is 2.57. The summed E-state index contributed by atoms with van der Waals surface area (Å²) in [6.07, 6.45) is -1.64. The van der Waals surface area contributed by atoms with Gasteiger partial charge in [0.05, 0.1) is 17.1 Å². The van der Waals surface area contributed by atoms with Crippen LogP contribution in [0.2, 0.25) is 10.0 Å². The summed E-state index contributed by atoms with van der Waals surface area (Å²) >= 11 is 12.1. The van der Waals surface area contributed by atoms with Gasteiger partial charge in [-0.15, -0.1) is 0 Å². The maximum Gasteiger partial charge on any atom is 0.455 e. The minimum atomic E-state index is -5.76. The maximum absolute atomic E-state index is 13.1. The van der Waals surface area contributed by atoms with E-state index in [4.69, 9.17) is 27.9 Å². The first kappa shape index (κ1) is 30.1. The second-order valence-electron chi connectivity index (χ2n) is 10.4. The first-order valence-corrected chi connectivity index (χ1v) is 13.2. The minimum absolute atomic E-state index is 0.0523. The Morgan fingerprint density at radius 2 is 1.70 bits per heavy atom. The van der Waals surface area contributed by atoms with E-state index in [1.54, 1.807) is 31.3 Å². The number of aromatic nitrogens is 1. The number of halogens is 7. The minimum Gasteiger partial charge on any atom is -0.476 e. The highest BCUT2D eigenvalue weighted by molar-refractivity contribution is 6.35. The lowest BCUT2D eigenvalue weighted by Crippen LogP contribution is -2.55. The van der Waals surface area contributed by atoms with Crippen molar-refractivity contribution in [1.82, 2.24) is 15.6 Å². The van der Waals surface area contributed by atoms with Gasteiger partial charge >= 0.3 is 12.1 Å². The third kappa shape index (κ3) is 6.54. The van der Waals surface area contributed by atoms with Crippen molar-refractivity contribution in [3.63, 3.8) is 0 Å². The van der Waals surface area contributed by atoms with E-state index in [1.165, 1.54) is 18.2 Å². The molecular formula is C26H27Cl2F5N4O3. The number of rotatable bonds is 8. The molecule has 0 aliphatic carbocycles. The molecule has 2 aliphatic rings. The Labute approximate surface area is 237 Å². The number of nitrogens with zero attached hydrogens (tertiary/aromatic N) is 2. The molecule has 2 bridgehead atoms. The van der Waals surface area contributed by atoms with Gasteiger partial charge in [0.2, 0.25) is 0 Å². The molecule has 4 rings (SSSR count). The van der Waals surface area contributed by atoms with Crippen molar-refractivity contribution in [3.05, 3.63) is 52.1 Å². The summed E-state index contributed by atoms with van der Waals surface area (Å²) in [6.45, 7) is 1.42. The molecule has 2 aliphatic heterocycles. The van der Waals surface area contributed by atoms with Crippen molar-refractivity contribution in [1.29, 1.82) is 0 Å². The molecule has 1 unspecified atom stereocenters. The van der Waals surface area contributed by atoms with Crippen molar-refractivity contribution in [3.8, 4) is 5.75 Å². The van der Waals surface area contributed by atoms with Crippen LogP contribution < -0.4 is 20.3 Å². The second-order valence-corrected chi connectivity index (χ2v) is 11.3. The zero-order chi connectivity index (χ0) is 29.5. The van der Waals surface area contributed by atoms with Crippen LogP contribution in [0.3, 0.4) is 0 Å². The normalized spacial score (nSPS) is 21.2. The molecule has 2 N–H and O–H groups in total. The lowest BCUT2D eigenvalue weighted by molar-refractivity contribution is -0.278. The van der Waals surface area contributed by atoms with Crippen molar-refractivity contribution < 1.29 is 36.3 Å². The van der Waals surface area contributed by atoms with Gasteiger partial charge in [0.15, 0.2) is 5.60 Å². The molecule has 2 amide bonds. The number of piperidine rings is 1. The third-order valence-electron chi connectivity index (χ3n) is 7.03. The summed E-state index contributed by atoms with van der Waals surface area (Å²) in [5.74, 6) is -5.55. The Bertz CT molecular complexity index is 1250. The number of anilines is 1. The van der Waals surface area contributed by atoms with Crippen LogP contribution in [0.15, 0.2) is 36.5 Å². The van der Waals surface area contributed by atoms with Crippen LogP contribution in [0.25, 0.3) is 0 Å². The second kappa shape index (κ2) is 11.2. The Kier molecular flexibility index (Phi) is 8.43. The zero-order valence-corrected chi connectivity index (χ0v) is 23.0. The van der Waals surface area contributed by atoms with Crippen molar-refractivity contribution in [2.24, 2.45) is 0 Å². The van der Waals surface area contributed by atoms with E-state index in [1.807, 2.05) is 0 Å². The molecule has 0 spiro atoms. The number of amides is 2. The van der Waals surface area contributed by atoms with Gasteiger partial charge in [-0.1, -0.05) is 23.2 Å². The molecule has 218 valence electrons. The molecule has 7 nitrogen and oxygen atoms in total. The predicted molar refractivity (Wildman–Crippen MR) is 139 cm³/mol. The Morgan fingerprint density at radius 3 is 2.25 bits per heavy atom. The van der Waals surface area contributed by atoms with Crippen molar-refractivity contribution in [2.45, 2.75) is 75.4 Å². The van der Waals surface area contributed by atoms with Crippen LogP contribution in [0, 0.1) is 0 Å². The first-order chi connectivity index (χ1) is 18.6. The van der Waals surface area contributed by atoms with Gasteiger partial charge in [-0.25, -0.2) is 4.98 Å². The molecule has 1 aromatic heterocycles. The van der Waals surface area contributed by atoms with E-state index in [9.17, 15) is 31.5 Å². The number of fused-ring (bicyclic) bond motifs is 2. The molecule has 40 heavy (non-hydrogen) atoms. The van der Waals surface area contributed by atoms with Gasteiger partial charge < -0.3 is 20.3 Å². The van der Waals surface area contributed by atoms with Gasteiger partial charge in [0.25, 0.3) is 11.8 Å². The Balaban J connectivity index is 1.34. The number of carbonyl (C=O) groups is 2. The van der Waals surface area contributed by atoms with Crippen LogP contribution in [-0.2, 0) is 4.79 Å². The molecule has 2 fully saturated rings. The van der Waals surface area contributed by atoms with Gasteiger partial charge in [-0.3, -0.25) is 9.59 Å². The third-order valence-corrected chi connectivity index (χ3v) is 7.56. The summed E-state index contributed by atoms with van der Waals surface area (Å²) in [4.78, 5) is 31.6.